The number of carbonyl (C=O) groups is 1. The van der Waals surface area contributed by atoms with Crippen molar-refractivity contribution in [3.63, 3.8) is 0 Å². The summed E-state index contributed by atoms with van der Waals surface area (Å²) in [4.78, 5) is 12.0. The molecule has 2 aromatic carbocycles. The molecule has 0 spiro atoms. The van der Waals surface area contributed by atoms with E-state index in [1.165, 1.54) is 11.1 Å². The molecule has 1 aliphatic heterocycles. The highest BCUT2D eigenvalue weighted by molar-refractivity contribution is 5.78. The topological polar surface area (TPSA) is 38.3 Å². The van der Waals surface area contributed by atoms with Crippen molar-refractivity contribution in [1.82, 2.24) is 5.32 Å². The second-order valence-electron chi connectivity index (χ2n) is 6.01. The van der Waals surface area contributed by atoms with Crippen molar-refractivity contribution in [1.29, 1.82) is 0 Å². The van der Waals surface area contributed by atoms with Gasteiger partial charge in [-0.3, -0.25) is 4.79 Å². The van der Waals surface area contributed by atoms with Gasteiger partial charge in [-0.15, -0.1) is 0 Å². The predicted molar refractivity (Wildman–Crippen MR) is 92.2 cm³/mol. The van der Waals surface area contributed by atoms with Crippen LogP contribution in [-0.2, 0) is 16.0 Å². The zero-order valence-corrected chi connectivity index (χ0v) is 13.3. The number of carbonyl (C=O) groups excluding carboxylic acids is 1. The van der Waals surface area contributed by atoms with Crippen molar-refractivity contribution in [2.24, 2.45) is 0 Å². The number of rotatable bonds is 6. The van der Waals surface area contributed by atoms with Gasteiger partial charge in [-0.1, -0.05) is 54.6 Å². The molecule has 0 aliphatic carbocycles. The van der Waals surface area contributed by atoms with Crippen LogP contribution in [0.4, 0.5) is 0 Å². The monoisotopic (exact) mass is 309 g/mol. The number of nitrogens with one attached hydrogen (secondary N) is 1. The predicted octanol–water partition coefficient (Wildman–Crippen LogP) is 3.58. The van der Waals surface area contributed by atoms with Crippen LogP contribution in [0, 0.1) is 0 Å². The van der Waals surface area contributed by atoms with Gasteiger partial charge in [0.1, 0.15) is 0 Å². The van der Waals surface area contributed by atoms with Crippen LogP contribution in [-0.4, -0.2) is 25.2 Å². The van der Waals surface area contributed by atoms with E-state index in [2.05, 4.69) is 29.6 Å². The van der Waals surface area contributed by atoms with E-state index in [0.29, 0.717) is 19.1 Å². The molecule has 3 rings (SSSR count). The first-order chi connectivity index (χ1) is 11.3. The number of benzene rings is 2. The Morgan fingerprint density at radius 1 is 1.04 bits per heavy atom. The standard InChI is InChI=1S/C20H23NO2/c22-20(21-13-12-19-7-4-14-23-19)15-16-8-10-18(11-9-16)17-5-2-1-3-6-17/h1-3,5-6,8-11,19H,4,7,12-15H2,(H,21,22)/t19-/m1/s1. The molecule has 1 atom stereocenters. The first-order valence-electron chi connectivity index (χ1n) is 8.34. The van der Waals surface area contributed by atoms with Gasteiger partial charge in [0, 0.05) is 13.2 Å². The van der Waals surface area contributed by atoms with Crippen LogP contribution in [0.1, 0.15) is 24.8 Å². The Labute approximate surface area is 137 Å². The Hall–Kier alpha value is -2.13. The lowest BCUT2D eigenvalue weighted by molar-refractivity contribution is -0.120. The summed E-state index contributed by atoms with van der Waals surface area (Å²) in [7, 11) is 0. The average molecular weight is 309 g/mol. The summed E-state index contributed by atoms with van der Waals surface area (Å²) in [5.41, 5.74) is 3.41. The molecule has 3 heteroatoms. The lowest BCUT2D eigenvalue weighted by Crippen LogP contribution is -2.28. The molecule has 2 aromatic rings. The fourth-order valence-electron chi connectivity index (χ4n) is 2.94. The molecule has 1 amide bonds. The maximum atomic E-state index is 12.0. The average Bonchev–Trinajstić information content (AvgIpc) is 3.10. The third-order valence-corrected chi connectivity index (χ3v) is 4.24. The highest BCUT2D eigenvalue weighted by atomic mass is 16.5. The molecule has 0 saturated carbocycles. The third-order valence-electron chi connectivity index (χ3n) is 4.24. The van der Waals surface area contributed by atoms with Crippen molar-refractivity contribution in [3.8, 4) is 11.1 Å². The summed E-state index contributed by atoms with van der Waals surface area (Å²) >= 11 is 0. The zero-order chi connectivity index (χ0) is 15.9. The van der Waals surface area contributed by atoms with Gasteiger partial charge in [0.05, 0.1) is 12.5 Å². The van der Waals surface area contributed by atoms with Crippen LogP contribution in [0.3, 0.4) is 0 Å². The van der Waals surface area contributed by atoms with E-state index in [0.717, 1.165) is 31.4 Å². The molecule has 23 heavy (non-hydrogen) atoms. The summed E-state index contributed by atoms with van der Waals surface area (Å²) in [6, 6.07) is 18.5. The van der Waals surface area contributed by atoms with Gasteiger partial charge < -0.3 is 10.1 Å². The smallest absolute Gasteiger partial charge is 0.224 e. The molecular weight excluding hydrogens is 286 g/mol. The van der Waals surface area contributed by atoms with Gasteiger partial charge >= 0.3 is 0 Å². The van der Waals surface area contributed by atoms with Crippen molar-refractivity contribution >= 4 is 5.91 Å². The largest absolute Gasteiger partial charge is 0.378 e. The first-order valence-corrected chi connectivity index (χ1v) is 8.34. The molecule has 3 nitrogen and oxygen atoms in total. The van der Waals surface area contributed by atoms with Crippen molar-refractivity contribution in [2.75, 3.05) is 13.2 Å². The Morgan fingerprint density at radius 3 is 2.48 bits per heavy atom. The molecule has 1 N–H and O–H groups in total. The van der Waals surface area contributed by atoms with Gasteiger partial charge in [0.2, 0.25) is 5.91 Å². The Morgan fingerprint density at radius 2 is 1.78 bits per heavy atom. The zero-order valence-electron chi connectivity index (χ0n) is 13.3. The van der Waals surface area contributed by atoms with E-state index in [1.54, 1.807) is 0 Å². The number of ether oxygens (including phenoxy) is 1. The van der Waals surface area contributed by atoms with Gasteiger partial charge in [-0.05, 0) is 36.0 Å². The molecular formula is C20H23NO2. The number of hydrogen-bond acceptors (Lipinski definition) is 2. The van der Waals surface area contributed by atoms with Crippen LogP contribution < -0.4 is 5.32 Å². The normalized spacial score (nSPS) is 17.1. The molecule has 1 aliphatic rings. The maximum absolute atomic E-state index is 12.0. The molecule has 0 bridgehead atoms. The lowest BCUT2D eigenvalue weighted by atomic mass is 10.0. The molecule has 0 aromatic heterocycles. The summed E-state index contributed by atoms with van der Waals surface area (Å²) in [5.74, 6) is 0.0791. The van der Waals surface area contributed by atoms with E-state index in [4.69, 9.17) is 4.74 Å². The fourth-order valence-corrected chi connectivity index (χ4v) is 2.94. The molecule has 1 saturated heterocycles. The SMILES string of the molecule is O=C(Cc1ccc(-c2ccccc2)cc1)NCC[C@H]1CCCO1. The summed E-state index contributed by atoms with van der Waals surface area (Å²) in [6.45, 7) is 1.57. The van der Waals surface area contributed by atoms with Gasteiger partial charge in [0.25, 0.3) is 0 Å². The van der Waals surface area contributed by atoms with Crippen molar-refractivity contribution in [3.05, 3.63) is 60.2 Å². The maximum Gasteiger partial charge on any atom is 0.224 e. The quantitative estimate of drug-likeness (QED) is 0.885. The molecule has 1 fully saturated rings. The van der Waals surface area contributed by atoms with Crippen LogP contribution in [0.5, 0.6) is 0 Å². The Kier molecular flexibility index (Phi) is 5.43. The van der Waals surface area contributed by atoms with Crippen LogP contribution in [0.15, 0.2) is 54.6 Å². The van der Waals surface area contributed by atoms with Crippen LogP contribution >= 0.6 is 0 Å². The lowest BCUT2D eigenvalue weighted by Gasteiger charge is -2.10. The van der Waals surface area contributed by atoms with Crippen LogP contribution in [0.25, 0.3) is 11.1 Å². The second kappa shape index (κ2) is 7.93. The minimum atomic E-state index is 0.0791. The summed E-state index contributed by atoms with van der Waals surface area (Å²) in [6.07, 6.45) is 3.95. The number of amides is 1. The first kappa shape index (κ1) is 15.8. The molecule has 0 unspecified atom stereocenters. The fraction of sp³-hybridized carbons (Fsp3) is 0.350. The molecule has 1 heterocycles. The summed E-state index contributed by atoms with van der Waals surface area (Å²) < 4.78 is 5.56. The van der Waals surface area contributed by atoms with Crippen LogP contribution in [0.2, 0.25) is 0 Å². The highest BCUT2D eigenvalue weighted by Crippen LogP contribution is 2.19. The molecule has 0 radical (unpaired) electrons. The minimum absolute atomic E-state index is 0.0791. The third kappa shape index (κ3) is 4.67. The second-order valence-corrected chi connectivity index (χ2v) is 6.01. The molecule has 120 valence electrons. The van der Waals surface area contributed by atoms with Gasteiger partial charge in [0.15, 0.2) is 0 Å². The van der Waals surface area contributed by atoms with E-state index in [1.807, 2.05) is 30.3 Å². The Balaban J connectivity index is 1.46. The minimum Gasteiger partial charge on any atom is -0.378 e. The van der Waals surface area contributed by atoms with E-state index < -0.39 is 0 Å². The summed E-state index contributed by atoms with van der Waals surface area (Å²) in [5, 5.41) is 2.99. The van der Waals surface area contributed by atoms with E-state index in [-0.39, 0.29) is 5.91 Å². The van der Waals surface area contributed by atoms with Crippen molar-refractivity contribution < 1.29 is 9.53 Å². The highest BCUT2D eigenvalue weighted by Gasteiger charge is 2.15. The van der Waals surface area contributed by atoms with Crippen molar-refractivity contribution in [2.45, 2.75) is 31.8 Å². The van der Waals surface area contributed by atoms with Gasteiger partial charge in [-0.25, -0.2) is 0 Å². The van der Waals surface area contributed by atoms with E-state index in [9.17, 15) is 4.79 Å². The number of hydrogen-bond donors (Lipinski definition) is 1. The van der Waals surface area contributed by atoms with Gasteiger partial charge in [-0.2, -0.15) is 0 Å². The van der Waals surface area contributed by atoms with E-state index >= 15 is 0 Å². The Bertz CT molecular complexity index is 616.